The molecule has 12 heteroatoms. The minimum atomic E-state index is -1.36. The van der Waals surface area contributed by atoms with Crippen LogP contribution in [0.5, 0.6) is 0 Å². The van der Waals surface area contributed by atoms with E-state index in [-0.39, 0.29) is 67.5 Å². The Morgan fingerprint density at radius 2 is 1.74 bits per heavy atom. The molecule has 3 saturated heterocycles. The highest BCUT2D eigenvalue weighted by Crippen LogP contribution is 2.48. The van der Waals surface area contributed by atoms with Crippen molar-refractivity contribution in [3.05, 3.63) is 23.6 Å². The molecule has 2 bridgehead atoms. The number of amides is 3. The number of piperidine rings is 1. The zero-order valence-corrected chi connectivity index (χ0v) is 26.3. The molecule has 5 unspecified atom stereocenters. The van der Waals surface area contributed by atoms with Crippen LogP contribution in [-0.4, -0.2) is 96.1 Å². The maximum Gasteiger partial charge on any atom is 0.260 e. The lowest BCUT2D eigenvalue weighted by molar-refractivity contribution is -0.192. The highest BCUT2D eigenvalue weighted by atomic mass is 31.2. The molecule has 0 aliphatic carbocycles. The number of ether oxygens (including phenoxy) is 1. The Kier molecular flexibility index (Phi) is 11.0. The Hall–Kier alpha value is -1.93. The average molecular weight is 609 g/mol. The zero-order valence-electron chi connectivity index (χ0n) is 26.4. The fraction of sp³-hybridized carbons (Fsp3) is 0.800. The van der Waals surface area contributed by atoms with Crippen LogP contribution < -0.4 is 0 Å². The molecule has 42 heavy (non-hydrogen) atoms. The van der Waals surface area contributed by atoms with E-state index in [9.17, 15) is 14.4 Å². The quantitative estimate of drug-likeness (QED) is 0.0839. The maximum absolute atomic E-state index is 12.9. The Labute approximate surface area is 253 Å². The first-order chi connectivity index (χ1) is 20.6. The molecule has 0 aromatic carbocycles. The molecule has 4 rings (SSSR count). The average Bonchev–Trinajstić information content (AvgIpc) is 3.67. The number of rotatable bonds is 16. The minimum absolute atomic E-state index is 0.108. The second-order valence-corrected chi connectivity index (χ2v) is 13.7. The van der Waals surface area contributed by atoms with Gasteiger partial charge in [-0.1, -0.05) is 25.5 Å². The van der Waals surface area contributed by atoms with Crippen molar-refractivity contribution in [2.24, 2.45) is 17.3 Å². The van der Waals surface area contributed by atoms with Crippen molar-refractivity contribution in [1.82, 2.24) is 14.6 Å². The third kappa shape index (κ3) is 7.58. The third-order valence-electron chi connectivity index (χ3n) is 8.44. The van der Waals surface area contributed by atoms with Gasteiger partial charge in [0, 0.05) is 33.0 Å². The summed E-state index contributed by atoms with van der Waals surface area (Å²) >= 11 is 0. The first-order valence-corrected chi connectivity index (χ1v) is 16.3. The van der Waals surface area contributed by atoms with Gasteiger partial charge in [0.05, 0.1) is 37.3 Å². The second-order valence-electron chi connectivity index (χ2n) is 12.3. The lowest BCUT2D eigenvalue weighted by Crippen LogP contribution is -2.44. The number of nitrogens with zero attached hydrogens (tertiary/aromatic N) is 4. The van der Waals surface area contributed by atoms with Gasteiger partial charge in [-0.2, -0.15) is 5.06 Å². The topological polar surface area (TPSA) is 102 Å². The van der Waals surface area contributed by atoms with Crippen LogP contribution in [0.2, 0.25) is 0 Å². The van der Waals surface area contributed by atoms with Gasteiger partial charge in [-0.3, -0.25) is 19.2 Å². The summed E-state index contributed by atoms with van der Waals surface area (Å²) in [4.78, 5) is 49.0. The zero-order chi connectivity index (χ0) is 31.1. The molecule has 4 heterocycles. The van der Waals surface area contributed by atoms with Crippen molar-refractivity contribution in [3.8, 4) is 0 Å². The predicted molar refractivity (Wildman–Crippen MR) is 157 cm³/mol. The highest BCUT2D eigenvalue weighted by Gasteiger charge is 2.61. The molecule has 234 valence electrons. The van der Waals surface area contributed by atoms with E-state index in [2.05, 4.69) is 37.2 Å². The first-order valence-electron chi connectivity index (χ1n) is 15.9. The number of hydrogen-bond donors (Lipinski definition) is 0. The van der Waals surface area contributed by atoms with E-state index < -0.39 is 20.4 Å². The number of carbonyl (C=O) groups excluding carboxylic acids is 3. The van der Waals surface area contributed by atoms with Gasteiger partial charge in [0.1, 0.15) is 6.61 Å². The molecule has 3 amide bonds. The van der Waals surface area contributed by atoms with Gasteiger partial charge in [0.25, 0.3) is 20.3 Å². The largest absolute Gasteiger partial charge is 0.365 e. The number of likely N-dealkylation sites (tertiary alicyclic amines) is 1. The fourth-order valence-corrected chi connectivity index (χ4v) is 7.87. The maximum atomic E-state index is 12.9. The van der Waals surface area contributed by atoms with Gasteiger partial charge >= 0.3 is 0 Å². The lowest BCUT2D eigenvalue weighted by atomic mass is 9.81. The van der Waals surface area contributed by atoms with Crippen molar-refractivity contribution in [3.63, 3.8) is 0 Å². The third-order valence-corrected chi connectivity index (χ3v) is 10.5. The summed E-state index contributed by atoms with van der Waals surface area (Å²) in [6.07, 6.45) is 6.98. The summed E-state index contributed by atoms with van der Waals surface area (Å²) in [7, 11) is -1.36. The second kappa shape index (κ2) is 14.7. The molecule has 0 saturated carbocycles. The van der Waals surface area contributed by atoms with Gasteiger partial charge in [0.15, 0.2) is 0 Å². The number of fused-ring (bicyclic) bond motifs is 5. The summed E-state index contributed by atoms with van der Waals surface area (Å²) in [6.45, 7) is 18.1. The van der Waals surface area contributed by atoms with Crippen LogP contribution >= 0.6 is 8.53 Å². The predicted octanol–water partition coefficient (Wildman–Crippen LogP) is 4.34. The monoisotopic (exact) mass is 608 g/mol. The summed E-state index contributed by atoms with van der Waals surface area (Å²) < 4.78 is 28.5. The minimum Gasteiger partial charge on any atom is -0.365 e. The molecule has 3 fully saturated rings. The summed E-state index contributed by atoms with van der Waals surface area (Å²) in [5.41, 5.74) is -0.331. The van der Waals surface area contributed by atoms with E-state index in [0.717, 1.165) is 11.5 Å². The van der Waals surface area contributed by atoms with Crippen molar-refractivity contribution in [1.29, 1.82) is 0 Å². The molecule has 0 radical (unpaired) electrons. The molecule has 0 spiro atoms. The lowest BCUT2D eigenvalue weighted by Gasteiger charge is -2.41. The molecule has 0 aromatic heterocycles. The van der Waals surface area contributed by atoms with E-state index in [1.807, 2.05) is 17.1 Å². The molecule has 0 aromatic rings. The van der Waals surface area contributed by atoms with Gasteiger partial charge < -0.3 is 23.5 Å². The van der Waals surface area contributed by atoms with Crippen LogP contribution in [-0.2, 0) is 33.0 Å². The summed E-state index contributed by atoms with van der Waals surface area (Å²) in [6, 6.07) is 0.425. The highest BCUT2D eigenvalue weighted by molar-refractivity contribution is 7.44. The van der Waals surface area contributed by atoms with E-state index in [4.69, 9.17) is 26.6 Å². The summed E-state index contributed by atoms with van der Waals surface area (Å²) in [5.74, 6) is -1.46. The Balaban J connectivity index is 1.14. The van der Waals surface area contributed by atoms with Crippen LogP contribution in [0.15, 0.2) is 12.2 Å². The van der Waals surface area contributed by atoms with Gasteiger partial charge in [0.2, 0.25) is 12.5 Å². The van der Waals surface area contributed by atoms with E-state index in [1.165, 1.54) is 0 Å². The number of hydroxylamine groups is 2. The van der Waals surface area contributed by atoms with Crippen molar-refractivity contribution in [2.45, 2.75) is 97.4 Å². The van der Waals surface area contributed by atoms with Crippen molar-refractivity contribution < 1.29 is 34.4 Å². The van der Waals surface area contributed by atoms with Crippen LogP contribution in [0.3, 0.4) is 0 Å². The summed E-state index contributed by atoms with van der Waals surface area (Å²) in [5, 5.41) is 0.929. The molecular weight excluding hydrogens is 559 g/mol. The number of imide groups is 1. The number of hydrogen-bond acceptors (Lipinski definition) is 8. The van der Waals surface area contributed by atoms with Crippen molar-refractivity contribution in [2.75, 3.05) is 39.5 Å². The van der Waals surface area contributed by atoms with Crippen LogP contribution in [0.1, 0.15) is 74.5 Å². The Bertz CT molecular complexity index is 1020. The first kappa shape index (κ1) is 31.5. The van der Waals surface area contributed by atoms with E-state index >= 15 is 0 Å². The molecule has 4 aliphatic heterocycles. The van der Waals surface area contributed by atoms with Gasteiger partial charge in [-0.25, -0.2) is 11.2 Å². The van der Waals surface area contributed by atoms with Crippen molar-refractivity contribution >= 4 is 26.2 Å². The van der Waals surface area contributed by atoms with Gasteiger partial charge in [-0.05, 0) is 58.8 Å². The molecular formula is C30H47N4O7P. The van der Waals surface area contributed by atoms with Crippen LogP contribution in [0, 0.1) is 23.8 Å². The van der Waals surface area contributed by atoms with E-state index in [0.29, 0.717) is 58.4 Å². The van der Waals surface area contributed by atoms with Gasteiger partial charge in [-0.15, -0.1) is 0 Å². The Morgan fingerprint density at radius 1 is 1.10 bits per heavy atom. The number of unbranched alkanes of at least 4 members (excludes halogenated alkanes) is 2. The SMILES string of the molecule is [3H]CC1(COP(OCC[N+]#[C-])N(C(C)C)C(C)C)CCN(C(=O)CCCCCON2C(=O)C3C4C=CC(O4)C3C2=O)CC1. The molecule has 0 N–H and O–H groups in total. The van der Waals surface area contributed by atoms with E-state index in [1.54, 1.807) is 0 Å². The Morgan fingerprint density at radius 3 is 2.31 bits per heavy atom. The number of carbonyl (C=O) groups is 3. The van der Waals surface area contributed by atoms with Crippen LogP contribution in [0.4, 0.5) is 0 Å². The molecule has 4 aliphatic rings. The molecule has 5 atom stereocenters. The standard InChI is InChI=1S/C30H47N4O7P/c1-21(2)34(22(3)4)42(39-19-15-31-6)40-20-30(5)13-16-32(17-14-30)25(35)10-8-7-9-18-38-33-28(36)26-23-11-12-24(41-23)27(26)29(33)37/h11-12,21-24,26-27H,7-10,13-20H2,1-5H3/i5T. The molecule has 11 nitrogen and oxygen atoms in total. The smallest absolute Gasteiger partial charge is 0.260 e. The normalized spacial score (nSPS) is 27.3. The van der Waals surface area contributed by atoms with Crippen LogP contribution in [0.25, 0.3) is 4.85 Å². The fourth-order valence-electron chi connectivity index (χ4n) is 6.15.